The Morgan fingerprint density at radius 2 is 2.11 bits per heavy atom. The molecule has 0 bridgehead atoms. The number of nitrogens with zero attached hydrogens (tertiary/aromatic N) is 1. The third kappa shape index (κ3) is 3.20. The number of aromatic nitrogens is 1. The Balaban J connectivity index is 2.06. The summed E-state index contributed by atoms with van der Waals surface area (Å²) in [5, 5.41) is 2.76. The Hall–Kier alpha value is -2.14. The predicted octanol–water partition coefficient (Wildman–Crippen LogP) is 2.51. The van der Waals surface area contributed by atoms with E-state index in [1.165, 1.54) is 11.8 Å². The number of hydrogen-bond acceptors (Lipinski definition) is 4. The number of oxazole rings is 1. The van der Waals surface area contributed by atoms with Gasteiger partial charge in [0.1, 0.15) is 6.26 Å². The maximum absolute atomic E-state index is 11.9. The van der Waals surface area contributed by atoms with E-state index in [1.807, 2.05) is 24.3 Å². The minimum Gasteiger partial charge on any atom is -0.446 e. The maximum atomic E-state index is 11.9. The lowest BCUT2D eigenvalue weighted by Crippen LogP contribution is -2.13. The zero-order valence-electron chi connectivity index (χ0n) is 11.0. The van der Waals surface area contributed by atoms with Gasteiger partial charge in [-0.15, -0.1) is 0 Å². The molecule has 0 aliphatic heterocycles. The van der Waals surface area contributed by atoms with Crippen LogP contribution in [0, 0.1) is 0 Å². The summed E-state index contributed by atoms with van der Waals surface area (Å²) in [6, 6.07) is 7.36. The molecule has 1 aromatic heterocycles. The number of rotatable bonds is 4. The van der Waals surface area contributed by atoms with Crippen LogP contribution in [0.5, 0.6) is 0 Å². The molecule has 0 aliphatic rings. The van der Waals surface area contributed by atoms with Gasteiger partial charge in [-0.3, -0.25) is 4.79 Å². The number of nitrogens with one attached hydrogen (secondary N) is 1. The largest absolute Gasteiger partial charge is 0.446 e. The average molecular weight is 259 g/mol. The number of nitrogens with two attached hydrogens (primary N) is 1. The Labute approximate surface area is 111 Å². The van der Waals surface area contributed by atoms with Gasteiger partial charge >= 0.3 is 0 Å². The molecule has 0 saturated carbocycles. The molecule has 3 N–H and O–H groups in total. The molecule has 0 spiro atoms. The Kier molecular flexibility index (Phi) is 3.97. The minimum absolute atomic E-state index is 0.229. The van der Waals surface area contributed by atoms with Crippen LogP contribution in [-0.4, -0.2) is 10.9 Å². The molecule has 1 amide bonds. The van der Waals surface area contributed by atoms with Crippen molar-refractivity contribution in [3.63, 3.8) is 0 Å². The molecule has 0 radical (unpaired) electrons. The van der Waals surface area contributed by atoms with Crippen LogP contribution in [0.4, 0.5) is 5.69 Å². The molecule has 2 rings (SSSR count). The van der Waals surface area contributed by atoms with Gasteiger partial charge in [0, 0.05) is 5.69 Å². The van der Waals surface area contributed by atoms with Gasteiger partial charge in [-0.1, -0.05) is 19.1 Å². The number of hydrogen-bond donors (Lipinski definition) is 2. The lowest BCUT2D eigenvalue weighted by molar-refractivity contribution is 0.102. The summed E-state index contributed by atoms with van der Waals surface area (Å²) in [6.45, 7) is 3.83. The summed E-state index contributed by atoms with van der Waals surface area (Å²) < 4.78 is 5.12. The van der Waals surface area contributed by atoms with Gasteiger partial charge in [0.2, 0.25) is 5.89 Å². The Bertz CT molecular complexity index is 558. The summed E-state index contributed by atoms with van der Waals surface area (Å²) in [6.07, 6.45) is 2.28. The quantitative estimate of drug-likeness (QED) is 0.884. The molecule has 1 atom stereocenters. The third-order valence-electron chi connectivity index (χ3n) is 2.76. The van der Waals surface area contributed by atoms with Crippen LogP contribution in [-0.2, 0) is 6.42 Å². The fraction of sp³-hybridized carbons (Fsp3) is 0.286. The first-order valence-electron chi connectivity index (χ1n) is 6.21. The van der Waals surface area contributed by atoms with Gasteiger partial charge in [0.25, 0.3) is 5.91 Å². The zero-order chi connectivity index (χ0) is 13.8. The van der Waals surface area contributed by atoms with Gasteiger partial charge in [-0.2, -0.15) is 0 Å². The number of anilines is 1. The van der Waals surface area contributed by atoms with E-state index in [0.29, 0.717) is 5.89 Å². The lowest BCUT2D eigenvalue weighted by atomic mass is 10.1. The molecular weight excluding hydrogens is 242 g/mol. The fourth-order valence-electron chi connectivity index (χ4n) is 1.62. The molecule has 1 aromatic carbocycles. The Morgan fingerprint density at radius 3 is 2.63 bits per heavy atom. The second-order valence-electron chi connectivity index (χ2n) is 4.36. The second-order valence-corrected chi connectivity index (χ2v) is 4.36. The fourth-order valence-corrected chi connectivity index (χ4v) is 1.62. The summed E-state index contributed by atoms with van der Waals surface area (Å²) in [4.78, 5) is 16.0. The van der Waals surface area contributed by atoms with Crippen molar-refractivity contribution in [1.82, 2.24) is 4.98 Å². The van der Waals surface area contributed by atoms with E-state index in [2.05, 4.69) is 17.2 Å². The summed E-state index contributed by atoms with van der Waals surface area (Å²) in [5.74, 6) is 0.0476. The normalized spacial score (nSPS) is 12.2. The van der Waals surface area contributed by atoms with Crippen LogP contribution in [0.1, 0.15) is 41.8 Å². The van der Waals surface area contributed by atoms with Crippen molar-refractivity contribution in [1.29, 1.82) is 0 Å². The monoisotopic (exact) mass is 259 g/mol. The van der Waals surface area contributed by atoms with Crippen LogP contribution < -0.4 is 11.1 Å². The highest BCUT2D eigenvalue weighted by Gasteiger charge is 2.14. The maximum Gasteiger partial charge on any atom is 0.277 e. The highest BCUT2D eigenvalue weighted by Crippen LogP contribution is 2.13. The van der Waals surface area contributed by atoms with Crippen LogP contribution in [0.15, 0.2) is 34.9 Å². The molecule has 5 nitrogen and oxygen atoms in total. The van der Waals surface area contributed by atoms with Crippen LogP contribution in [0.25, 0.3) is 0 Å². The van der Waals surface area contributed by atoms with E-state index >= 15 is 0 Å². The summed E-state index contributed by atoms with van der Waals surface area (Å²) >= 11 is 0. The van der Waals surface area contributed by atoms with Crippen LogP contribution in [0.3, 0.4) is 0 Å². The number of carbonyl (C=O) groups is 1. The van der Waals surface area contributed by atoms with Crippen molar-refractivity contribution in [2.75, 3.05) is 5.32 Å². The van der Waals surface area contributed by atoms with Gasteiger partial charge < -0.3 is 15.5 Å². The first-order chi connectivity index (χ1) is 9.10. The summed E-state index contributed by atoms with van der Waals surface area (Å²) in [5.41, 5.74) is 7.80. The molecule has 19 heavy (non-hydrogen) atoms. The van der Waals surface area contributed by atoms with E-state index in [4.69, 9.17) is 10.2 Å². The lowest BCUT2D eigenvalue weighted by Gasteiger charge is -2.03. The molecule has 2 aromatic rings. The van der Waals surface area contributed by atoms with E-state index in [9.17, 15) is 4.79 Å². The number of amides is 1. The predicted molar refractivity (Wildman–Crippen MR) is 72.9 cm³/mol. The average Bonchev–Trinajstić information content (AvgIpc) is 2.89. The molecule has 100 valence electrons. The smallest absolute Gasteiger partial charge is 0.277 e. The van der Waals surface area contributed by atoms with E-state index in [-0.39, 0.29) is 17.6 Å². The number of aryl methyl sites for hydroxylation is 1. The molecule has 5 heteroatoms. The van der Waals surface area contributed by atoms with Gasteiger partial charge in [0.05, 0.1) is 6.04 Å². The van der Waals surface area contributed by atoms with Crippen molar-refractivity contribution < 1.29 is 9.21 Å². The minimum atomic E-state index is -0.328. The highest BCUT2D eigenvalue weighted by atomic mass is 16.3. The van der Waals surface area contributed by atoms with Crippen LogP contribution >= 0.6 is 0 Å². The molecule has 0 aliphatic carbocycles. The van der Waals surface area contributed by atoms with Gasteiger partial charge in [0.15, 0.2) is 5.69 Å². The zero-order valence-corrected chi connectivity index (χ0v) is 11.0. The first-order valence-corrected chi connectivity index (χ1v) is 6.21. The van der Waals surface area contributed by atoms with Crippen molar-refractivity contribution in [3.05, 3.63) is 47.7 Å². The SMILES string of the molecule is CCc1ccc(NC(=O)c2coc(C(C)N)n2)cc1. The van der Waals surface area contributed by atoms with Gasteiger partial charge in [-0.25, -0.2) is 4.98 Å². The third-order valence-corrected chi connectivity index (χ3v) is 2.76. The van der Waals surface area contributed by atoms with E-state index in [1.54, 1.807) is 6.92 Å². The van der Waals surface area contributed by atoms with E-state index in [0.717, 1.165) is 12.1 Å². The van der Waals surface area contributed by atoms with Gasteiger partial charge in [-0.05, 0) is 31.0 Å². The van der Waals surface area contributed by atoms with Crippen molar-refractivity contribution >= 4 is 11.6 Å². The standard InChI is InChI=1S/C14H17N3O2/c1-3-10-4-6-11(7-5-10)16-13(18)12-8-19-14(17-12)9(2)15/h4-9H,3,15H2,1-2H3,(H,16,18). The van der Waals surface area contributed by atoms with Crippen molar-refractivity contribution in [3.8, 4) is 0 Å². The Morgan fingerprint density at radius 1 is 1.42 bits per heavy atom. The first kappa shape index (κ1) is 13.3. The molecule has 0 fully saturated rings. The topological polar surface area (TPSA) is 81.2 Å². The highest BCUT2D eigenvalue weighted by molar-refractivity contribution is 6.02. The molecule has 1 heterocycles. The van der Waals surface area contributed by atoms with Crippen molar-refractivity contribution in [2.24, 2.45) is 5.73 Å². The van der Waals surface area contributed by atoms with Crippen molar-refractivity contribution in [2.45, 2.75) is 26.3 Å². The van der Waals surface area contributed by atoms with E-state index < -0.39 is 0 Å². The second kappa shape index (κ2) is 5.67. The molecular formula is C14H17N3O2. The number of benzene rings is 1. The van der Waals surface area contributed by atoms with Crippen LogP contribution in [0.2, 0.25) is 0 Å². The molecule has 1 unspecified atom stereocenters. The molecule has 0 saturated heterocycles. The summed E-state index contributed by atoms with van der Waals surface area (Å²) in [7, 11) is 0. The number of carbonyl (C=O) groups excluding carboxylic acids is 1.